The highest BCUT2D eigenvalue weighted by atomic mass is 19.4. The Morgan fingerprint density at radius 2 is 1.67 bits per heavy atom. The van der Waals surface area contributed by atoms with Gasteiger partial charge in [-0.2, -0.15) is 0 Å². The predicted octanol–water partition coefficient (Wildman–Crippen LogP) is 4.17. The van der Waals surface area contributed by atoms with Gasteiger partial charge in [0, 0.05) is 0 Å². The molecule has 1 rings (SSSR count). The van der Waals surface area contributed by atoms with Crippen molar-refractivity contribution in [2.75, 3.05) is 0 Å². The van der Waals surface area contributed by atoms with Gasteiger partial charge in [0.2, 0.25) is 0 Å². The molecular weight excluding hydrogens is 205 g/mol. The molecule has 86 valence electrons. The van der Waals surface area contributed by atoms with E-state index in [-0.39, 0.29) is 5.75 Å². The lowest BCUT2D eigenvalue weighted by atomic mass is 10.1. The van der Waals surface area contributed by atoms with Crippen molar-refractivity contribution in [2.24, 2.45) is 0 Å². The number of halogens is 3. The van der Waals surface area contributed by atoms with Gasteiger partial charge in [0.05, 0.1) is 0 Å². The number of aryl methyl sites for hydroxylation is 1. The fourth-order valence-electron chi connectivity index (χ4n) is 1.02. The Bertz CT molecular complexity index is 281. The first-order valence-electron chi connectivity index (χ1n) is 4.86. The summed E-state index contributed by atoms with van der Waals surface area (Å²) in [6, 6.07) is 6.12. The molecule has 0 spiro atoms. The van der Waals surface area contributed by atoms with Crippen molar-refractivity contribution in [2.45, 2.75) is 33.6 Å². The van der Waals surface area contributed by atoms with Gasteiger partial charge in [-0.1, -0.05) is 39.0 Å². The fourth-order valence-corrected chi connectivity index (χ4v) is 1.02. The quantitative estimate of drug-likeness (QED) is 0.726. The molecule has 1 aromatic rings. The third-order valence-corrected chi connectivity index (χ3v) is 1.58. The van der Waals surface area contributed by atoms with Crippen molar-refractivity contribution >= 4 is 0 Å². The van der Waals surface area contributed by atoms with E-state index in [9.17, 15) is 13.2 Å². The molecular formula is C11H15F3O. The number of rotatable bonds is 2. The van der Waals surface area contributed by atoms with Crippen LogP contribution in [0.1, 0.15) is 26.3 Å². The minimum absolute atomic E-state index is 0.113. The summed E-state index contributed by atoms with van der Waals surface area (Å²) in [6.07, 6.45) is -4.09. The standard InChI is InChI=1S/C9H9F3O.C2H6/c1-2-7-5-3-4-6-8(7)13-9(10,11)12;1-2/h3-6H,2H2,1H3;1-2H3. The zero-order chi connectivity index (χ0) is 11.9. The summed E-state index contributed by atoms with van der Waals surface area (Å²) in [7, 11) is 0. The van der Waals surface area contributed by atoms with Crippen molar-refractivity contribution in [3.8, 4) is 5.75 Å². The molecule has 0 aliphatic rings. The first-order valence-corrected chi connectivity index (χ1v) is 4.86. The Kier molecular flexibility index (Phi) is 5.82. The van der Waals surface area contributed by atoms with Crippen molar-refractivity contribution < 1.29 is 17.9 Å². The van der Waals surface area contributed by atoms with E-state index in [1.165, 1.54) is 12.1 Å². The van der Waals surface area contributed by atoms with E-state index in [4.69, 9.17) is 0 Å². The minimum atomic E-state index is -4.61. The molecule has 0 heterocycles. The van der Waals surface area contributed by atoms with Gasteiger partial charge in [-0.25, -0.2) is 0 Å². The average molecular weight is 220 g/mol. The Morgan fingerprint density at radius 3 is 2.13 bits per heavy atom. The van der Waals surface area contributed by atoms with Gasteiger partial charge in [0.15, 0.2) is 0 Å². The maximum atomic E-state index is 11.8. The summed E-state index contributed by atoms with van der Waals surface area (Å²) >= 11 is 0. The Labute approximate surface area is 87.9 Å². The van der Waals surface area contributed by atoms with Crippen LogP contribution in [0.4, 0.5) is 13.2 Å². The highest BCUT2D eigenvalue weighted by molar-refractivity contribution is 5.33. The first kappa shape index (κ1) is 13.8. The Hall–Kier alpha value is -1.19. The lowest BCUT2D eigenvalue weighted by Gasteiger charge is -2.11. The van der Waals surface area contributed by atoms with Crippen molar-refractivity contribution in [3.63, 3.8) is 0 Å². The van der Waals surface area contributed by atoms with E-state index in [1.54, 1.807) is 19.1 Å². The molecule has 1 aromatic carbocycles. The molecule has 0 aromatic heterocycles. The van der Waals surface area contributed by atoms with Gasteiger partial charge in [-0.05, 0) is 18.1 Å². The number of alkyl halides is 3. The van der Waals surface area contributed by atoms with E-state index in [0.29, 0.717) is 12.0 Å². The van der Waals surface area contributed by atoms with Crippen LogP contribution in [0.3, 0.4) is 0 Å². The highest BCUT2D eigenvalue weighted by Gasteiger charge is 2.31. The van der Waals surface area contributed by atoms with Crippen LogP contribution in [0, 0.1) is 0 Å². The minimum Gasteiger partial charge on any atom is -0.406 e. The summed E-state index contributed by atoms with van der Waals surface area (Å²) in [5.41, 5.74) is 0.555. The fraction of sp³-hybridized carbons (Fsp3) is 0.455. The van der Waals surface area contributed by atoms with Crippen LogP contribution in [0.2, 0.25) is 0 Å². The highest BCUT2D eigenvalue weighted by Crippen LogP contribution is 2.26. The molecule has 1 nitrogen and oxygen atoms in total. The zero-order valence-electron chi connectivity index (χ0n) is 9.06. The monoisotopic (exact) mass is 220 g/mol. The molecule has 0 aliphatic carbocycles. The zero-order valence-corrected chi connectivity index (χ0v) is 9.06. The third kappa shape index (κ3) is 5.30. The predicted molar refractivity (Wildman–Crippen MR) is 53.9 cm³/mol. The lowest BCUT2D eigenvalue weighted by molar-refractivity contribution is -0.274. The van der Waals surface area contributed by atoms with E-state index < -0.39 is 6.36 Å². The largest absolute Gasteiger partial charge is 0.573 e. The second kappa shape index (κ2) is 6.32. The molecule has 0 amide bonds. The summed E-state index contributed by atoms with van der Waals surface area (Å²) < 4.78 is 39.3. The molecule has 0 saturated heterocycles. The molecule has 15 heavy (non-hydrogen) atoms. The van der Waals surface area contributed by atoms with E-state index >= 15 is 0 Å². The van der Waals surface area contributed by atoms with Crippen LogP contribution in [0.25, 0.3) is 0 Å². The average Bonchev–Trinajstić information content (AvgIpc) is 2.19. The molecule has 0 bridgehead atoms. The van der Waals surface area contributed by atoms with Crippen LogP contribution in [-0.4, -0.2) is 6.36 Å². The second-order valence-electron chi connectivity index (χ2n) is 2.51. The van der Waals surface area contributed by atoms with E-state index in [0.717, 1.165) is 0 Å². The van der Waals surface area contributed by atoms with Gasteiger partial charge >= 0.3 is 6.36 Å². The summed E-state index contributed by atoms with van der Waals surface area (Å²) in [4.78, 5) is 0. The topological polar surface area (TPSA) is 9.23 Å². The van der Waals surface area contributed by atoms with Gasteiger partial charge in [0.1, 0.15) is 5.75 Å². The van der Waals surface area contributed by atoms with E-state index in [2.05, 4.69) is 4.74 Å². The van der Waals surface area contributed by atoms with Crippen LogP contribution in [-0.2, 0) is 6.42 Å². The SMILES string of the molecule is CC.CCc1ccccc1OC(F)(F)F. The van der Waals surface area contributed by atoms with Crippen LogP contribution >= 0.6 is 0 Å². The van der Waals surface area contributed by atoms with Crippen LogP contribution in [0.5, 0.6) is 5.75 Å². The molecule has 0 N–H and O–H groups in total. The summed E-state index contributed by atoms with van der Waals surface area (Å²) in [5.74, 6) is -0.113. The third-order valence-electron chi connectivity index (χ3n) is 1.58. The number of hydrogen-bond donors (Lipinski definition) is 0. The molecule has 0 radical (unpaired) electrons. The second-order valence-corrected chi connectivity index (χ2v) is 2.51. The molecule has 0 unspecified atom stereocenters. The van der Waals surface area contributed by atoms with Crippen LogP contribution < -0.4 is 4.74 Å². The molecule has 0 saturated carbocycles. The Morgan fingerprint density at radius 1 is 1.13 bits per heavy atom. The molecule has 4 heteroatoms. The Balaban J connectivity index is 0.000000921. The molecule has 0 atom stereocenters. The normalized spacial score (nSPS) is 10.3. The number of para-hydroxylation sites is 1. The van der Waals surface area contributed by atoms with Crippen molar-refractivity contribution in [1.82, 2.24) is 0 Å². The molecule has 0 fully saturated rings. The molecule has 0 aliphatic heterocycles. The number of hydrogen-bond acceptors (Lipinski definition) is 1. The van der Waals surface area contributed by atoms with E-state index in [1.807, 2.05) is 13.8 Å². The van der Waals surface area contributed by atoms with Gasteiger partial charge in [-0.3, -0.25) is 0 Å². The summed E-state index contributed by atoms with van der Waals surface area (Å²) in [5, 5.41) is 0. The van der Waals surface area contributed by atoms with Gasteiger partial charge in [0.25, 0.3) is 0 Å². The van der Waals surface area contributed by atoms with Crippen molar-refractivity contribution in [1.29, 1.82) is 0 Å². The number of ether oxygens (including phenoxy) is 1. The van der Waals surface area contributed by atoms with Crippen LogP contribution in [0.15, 0.2) is 24.3 Å². The van der Waals surface area contributed by atoms with Gasteiger partial charge < -0.3 is 4.74 Å². The summed E-state index contributed by atoms with van der Waals surface area (Å²) in [6.45, 7) is 5.78. The first-order chi connectivity index (χ1) is 7.03. The lowest BCUT2D eigenvalue weighted by Crippen LogP contribution is -2.17. The maximum absolute atomic E-state index is 11.8. The maximum Gasteiger partial charge on any atom is 0.573 e. The van der Waals surface area contributed by atoms with Gasteiger partial charge in [-0.15, -0.1) is 13.2 Å². The van der Waals surface area contributed by atoms with Crippen molar-refractivity contribution in [3.05, 3.63) is 29.8 Å². The number of benzene rings is 1. The smallest absolute Gasteiger partial charge is 0.406 e.